The van der Waals surface area contributed by atoms with Crippen molar-refractivity contribution < 1.29 is 13.2 Å². The average molecular weight is 333 g/mol. The van der Waals surface area contributed by atoms with Gasteiger partial charge in [0, 0.05) is 23.3 Å². The molecule has 2 heterocycles. The van der Waals surface area contributed by atoms with Crippen molar-refractivity contribution in [3.05, 3.63) is 41.7 Å². The molecule has 2 aromatic rings. The van der Waals surface area contributed by atoms with Crippen LogP contribution in [0.15, 0.2) is 30.6 Å². The number of hydrogen-bond acceptors (Lipinski definition) is 5. The molecule has 1 aromatic heterocycles. The largest absolute Gasteiger partial charge is 0.317 e. The molecule has 0 spiro atoms. The van der Waals surface area contributed by atoms with Crippen molar-refractivity contribution in [1.82, 2.24) is 15.0 Å². The first-order valence-corrected chi connectivity index (χ1v) is 9.13. The minimum absolute atomic E-state index is 0.339. The van der Waals surface area contributed by atoms with Gasteiger partial charge in [0.1, 0.15) is 0 Å². The second-order valence-corrected chi connectivity index (χ2v) is 7.80. The Morgan fingerprint density at radius 2 is 2.04 bits per heavy atom. The third-order valence-corrected chi connectivity index (χ3v) is 5.92. The van der Waals surface area contributed by atoms with Crippen molar-refractivity contribution in [2.45, 2.75) is 25.0 Å². The Hall–Kier alpha value is -1.99. The highest BCUT2D eigenvalue weighted by atomic mass is 32.2. The van der Waals surface area contributed by atoms with E-state index < -0.39 is 21.2 Å². The predicted molar refractivity (Wildman–Crippen MR) is 88.8 cm³/mol. The number of aromatic nitrogens is 1. The number of piperidine rings is 1. The molecule has 1 saturated heterocycles. The van der Waals surface area contributed by atoms with Crippen LogP contribution in [0.2, 0.25) is 0 Å². The van der Waals surface area contributed by atoms with Gasteiger partial charge in [0.2, 0.25) is 10.0 Å². The number of carbonyl (C=O) groups is 1. The van der Waals surface area contributed by atoms with Crippen molar-refractivity contribution in [3.63, 3.8) is 0 Å². The van der Waals surface area contributed by atoms with Gasteiger partial charge in [-0.15, -0.1) is 0 Å². The van der Waals surface area contributed by atoms with E-state index in [4.69, 9.17) is 0 Å². The monoisotopic (exact) mass is 333 g/mol. The molecule has 1 aliphatic rings. The molecular formula is C16H19N3O3S. The molecule has 0 atom stereocenters. The van der Waals surface area contributed by atoms with Gasteiger partial charge in [0.15, 0.2) is 0 Å². The molecule has 0 aliphatic carbocycles. The van der Waals surface area contributed by atoms with Crippen molar-refractivity contribution in [2.24, 2.45) is 0 Å². The summed E-state index contributed by atoms with van der Waals surface area (Å²) in [4.78, 5) is 16.6. The second kappa shape index (κ2) is 6.25. The van der Waals surface area contributed by atoms with Crippen LogP contribution in [0.3, 0.4) is 0 Å². The summed E-state index contributed by atoms with van der Waals surface area (Å²) >= 11 is 0. The molecule has 1 amide bonds. The lowest BCUT2D eigenvalue weighted by molar-refractivity contribution is 0.0982. The summed E-state index contributed by atoms with van der Waals surface area (Å²) in [7, 11) is -3.67. The van der Waals surface area contributed by atoms with E-state index in [9.17, 15) is 13.2 Å². The predicted octanol–water partition coefficient (Wildman–Crippen LogP) is 1.35. The topological polar surface area (TPSA) is 88.2 Å². The number of rotatable bonds is 3. The molecule has 2 N–H and O–H groups in total. The fourth-order valence-corrected chi connectivity index (χ4v) is 4.30. The fraction of sp³-hybridized carbons (Fsp3) is 0.375. The highest BCUT2D eigenvalue weighted by Crippen LogP contribution is 2.21. The van der Waals surface area contributed by atoms with Gasteiger partial charge >= 0.3 is 0 Å². The molecule has 23 heavy (non-hydrogen) atoms. The van der Waals surface area contributed by atoms with Gasteiger partial charge in [0.25, 0.3) is 5.91 Å². The van der Waals surface area contributed by atoms with Crippen LogP contribution in [0.1, 0.15) is 28.8 Å². The van der Waals surface area contributed by atoms with Crippen LogP contribution in [0.5, 0.6) is 0 Å². The first-order valence-electron chi connectivity index (χ1n) is 7.58. The van der Waals surface area contributed by atoms with E-state index in [0.29, 0.717) is 36.9 Å². The van der Waals surface area contributed by atoms with Gasteiger partial charge in [0.05, 0.1) is 5.25 Å². The van der Waals surface area contributed by atoms with E-state index in [0.717, 1.165) is 10.9 Å². The summed E-state index contributed by atoms with van der Waals surface area (Å²) in [5.74, 6) is -0.592. The van der Waals surface area contributed by atoms with Crippen LogP contribution < -0.4 is 10.0 Å². The molecule has 1 fully saturated rings. The number of fused-ring (bicyclic) bond motifs is 1. The zero-order chi connectivity index (χ0) is 16.4. The van der Waals surface area contributed by atoms with Crippen molar-refractivity contribution in [2.75, 3.05) is 13.1 Å². The van der Waals surface area contributed by atoms with Crippen LogP contribution in [0, 0.1) is 6.92 Å². The summed E-state index contributed by atoms with van der Waals surface area (Å²) in [5.41, 5.74) is 1.23. The van der Waals surface area contributed by atoms with E-state index in [2.05, 4.69) is 15.0 Å². The van der Waals surface area contributed by atoms with Gasteiger partial charge in [-0.3, -0.25) is 9.78 Å². The third kappa shape index (κ3) is 3.35. The maximum atomic E-state index is 12.5. The van der Waals surface area contributed by atoms with Crippen LogP contribution >= 0.6 is 0 Å². The van der Waals surface area contributed by atoms with Crippen LogP contribution in [0.25, 0.3) is 10.8 Å². The lowest BCUT2D eigenvalue weighted by atomic mass is 10.0. The van der Waals surface area contributed by atoms with Crippen molar-refractivity contribution in [3.8, 4) is 0 Å². The summed E-state index contributed by atoms with van der Waals surface area (Å²) in [5, 5.41) is 4.11. The molecule has 0 radical (unpaired) electrons. The molecule has 3 rings (SSSR count). The van der Waals surface area contributed by atoms with E-state index in [1.807, 2.05) is 13.0 Å². The lowest BCUT2D eigenvalue weighted by Crippen LogP contribution is -2.43. The quantitative estimate of drug-likeness (QED) is 0.885. The van der Waals surface area contributed by atoms with E-state index >= 15 is 0 Å². The first-order chi connectivity index (χ1) is 11.0. The number of nitrogens with zero attached hydrogens (tertiary/aromatic N) is 1. The normalized spacial score (nSPS) is 16.4. The molecule has 1 aliphatic heterocycles. The van der Waals surface area contributed by atoms with E-state index in [1.54, 1.807) is 24.5 Å². The van der Waals surface area contributed by atoms with E-state index in [1.165, 1.54) is 0 Å². The number of nitrogens with one attached hydrogen (secondary N) is 2. The van der Waals surface area contributed by atoms with Crippen molar-refractivity contribution in [1.29, 1.82) is 0 Å². The highest BCUT2D eigenvalue weighted by Gasteiger charge is 2.29. The molecule has 1 aromatic carbocycles. The number of carbonyl (C=O) groups excluding carboxylic acids is 1. The van der Waals surface area contributed by atoms with Crippen LogP contribution in [-0.2, 0) is 10.0 Å². The Balaban J connectivity index is 1.91. The SMILES string of the molecule is Cc1cc(C(=O)NS(=O)(=O)C2CCNCC2)c2cnccc2c1. The average Bonchev–Trinajstić information content (AvgIpc) is 2.54. The van der Waals surface area contributed by atoms with Crippen LogP contribution in [0.4, 0.5) is 0 Å². The minimum atomic E-state index is -3.67. The smallest absolute Gasteiger partial charge is 0.265 e. The number of pyridine rings is 1. The van der Waals surface area contributed by atoms with Gasteiger partial charge in [-0.2, -0.15) is 0 Å². The molecule has 7 heteroatoms. The zero-order valence-electron chi connectivity index (χ0n) is 12.9. The summed E-state index contributed by atoms with van der Waals surface area (Å²) in [6.07, 6.45) is 4.26. The molecule has 0 saturated carbocycles. The summed E-state index contributed by atoms with van der Waals surface area (Å²) in [6.45, 7) is 3.17. The molecule has 122 valence electrons. The fourth-order valence-electron chi connectivity index (χ4n) is 2.91. The number of sulfonamides is 1. The Bertz CT molecular complexity index is 843. The standard InChI is InChI=1S/C16H19N3O3S/c1-11-8-12-2-5-18-10-15(12)14(9-11)16(20)19-23(21,22)13-3-6-17-7-4-13/h2,5,8-10,13,17H,3-4,6-7H2,1H3,(H,19,20). The van der Waals surface area contributed by atoms with Gasteiger partial charge < -0.3 is 5.32 Å². The maximum absolute atomic E-state index is 12.5. The highest BCUT2D eigenvalue weighted by molar-refractivity contribution is 7.90. The van der Waals surface area contributed by atoms with Gasteiger partial charge in [-0.25, -0.2) is 13.1 Å². The third-order valence-electron chi connectivity index (χ3n) is 4.10. The summed E-state index contributed by atoms with van der Waals surface area (Å²) in [6, 6.07) is 5.44. The van der Waals surface area contributed by atoms with Gasteiger partial charge in [-0.1, -0.05) is 6.07 Å². The number of amides is 1. The molecule has 0 unspecified atom stereocenters. The van der Waals surface area contributed by atoms with Crippen molar-refractivity contribution >= 4 is 26.7 Å². The number of benzene rings is 1. The van der Waals surface area contributed by atoms with Gasteiger partial charge in [-0.05, 0) is 55.9 Å². The second-order valence-electron chi connectivity index (χ2n) is 5.83. The molecular weight excluding hydrogens is 314 g/mol. The Morgan fingerprint density at radius 3 is 2.78 bits per heavy atom. The van der Waals surface area contributed by atoms with E-state index in [-0.39, 0.29) is 0 Å². The maximum Gasteiger partial charge on any atom is 0.265 e. The van der Waals surface area contributed by atoms with Crippen LogP contribution in [-0.4, -0.2) is 37.6 Å². The zero-order valence-corrected chi connectivity index (χ0v) is 13.7. The number of hydrogen-bond donors (Lipinski definition) is 2. The number of aryl methyl sites for hydroxylation is 1. The first kappa shape index (κ1) is 15.9. The Kier molecular flexibility index (Phi) is 4.32. The Labute approximate surface area is 135 Å². The molecule has 6 nitrogen and oxygen atoms in total. The summed E-state index contributed by atoms with van der Waals surface area (Å²) < 4.78 is 27.1. The molecule has 0 bridgehead atoms. The Morgan fingerprint density at radius 1 is 1.30 bits per heavy atom. The minimum Gasteiger partial charge on any atom is -0.317 e. The lowest BCUT2D eigenvalue weighted by Gasteiger charge is -2.22.